The van der Waals surface area contributed by atoms with E-state index in [4.69, 9.17) is 14.4 Å². The Morgan fingerprint density at radius 3 is 2.40 bits per heavy atom. The summed E-state index contributed by atoms with van der Waals surface area (Å²) in [4.78, 5) is 31.7. The van der Waals surface area contributed by atoms with Crippen molar-refractivity contribution in [3.63, 3.8) is 0 Å². The maximum absolute atomic E-state index is 11.4. The molecule has 1 atom stereocenters. The number of ether oxygens (including phenoxy) is 2. The number of rotatable bonds is 9. The van der Waals surface area contributed by atoms with Gasteiger partial charge in [-0.3, -0.25) is 9.68 Å². The topological polar surface area (TPSA) is 71.1 Å². The summed E-state index contributed by atoms with van der Waals surface area (Å²) in [6.07, 6.45) is 2.50. The zero-order valence-electron chi connectivity index (χ0n) is 13.1. The van der Waals surface area contributed by atoms with Crippen LogP contribution in [0.3, 0.4) is 0 Å². The molecule has 1 unspecified atom stereocenters. The second-order valence-corrected chi connectivity index (χ2v) is 5.36. The van der Waals surface area contributed by atoms with Crippen molar-refractivity contribution < 1.29 is 28.8 Å². The first kappa shape index (κ1) is 18.7. The molecular weight excluding hydrogens is 264 g/mol. The summed E-state index contributed by atoms with van der Waals surface area (Å²) in [5.74, 6) is -0.429. The molecule has 0 aliphatic rings. The highest BCUT2D eigenvalue weighted by atomic mass is 17.2. The molecule has 20 heavy (non-hydrogen) atoms. The molecule has 0 saturated heterocycles. The van der Waals surface area contributed by atoms with Gasteiger partial charge in [-0.2, -0.15) is 4.89 Å². The summed E-state index contributed by atoms with van der Waals surface area (Å²) in [5, 5.41) is 0. The third-order valence-electron chi connectivity index (χ3n) is 2.54. The van der Waals surface area contributed by atoms with Crippen LogP contribution in [0.1, 0.15) is 60.3 Å². The van der Waals surface area contributed by atoms with Crippen molar-refractivity contribution in [1.29, 1.82) is 0 Å². The van der Waals surface area contributed by atoms with Crippen LogP contribution in [-0.4, -0.2) is 30.4 Å². The van der Waals surface area contributed by atoms with Crippen LogP contribution < -0.4 is 0 Å². The molecule has 0 radical (unpaired) electrons. The minimum absolute atomic E-state index is 0.00960. The first-order valence-electron chi connectivity index (χ1n) is 6.96. The average Bonchev–Trinajstić information content (AvgIpc) is 2.34. The fraction of sp³-hybridized carbons (Fsp3) is 0.857. The maximum atomic E-state index is 11.4. The molecule has 0 amide bonds. The van der Waals surface area contributed by atoms with Crippen molar-refractivity contribution in [2.75, 3.05) is 6.61 Å². The van der Waals surface area contributed by atoms with Crippen LogP contribution >= 0.6 is 0 Å². The summed E-state index contributed by atoms with van der Waals surface area (Å²) in [6.45, 7) is 8.68. The van der Waals surface area contributed by atoms with Gasteiger partial charge in [0.05, 0.1) is 0 Å². The van der Waals surface area contributed by atoms with Crippen LogP contribution in [0.25, 0.3) is 0 Å². The zero-order chi connectivity index (χ0) is 15.6. The molecule has 118 valence electrons. The van der Waals surface area contributed by atoms with Gasteiger partial charge in [0.15, 0.2) is 0 Å². The van der Waals surface area contributed by atoms with E-state index in [-0.39, 0.29) is 6.61 Å². The molecule has 0 N–H and O–H groups in total. The Labute approximate surface area is 120 Å². The molecular formula is C14H26O6. The summed E-state index contributed by atoms with van der Waals surface area (Å²) in [5.41, 5.74) is -0.548. The Morgan fingerprint density at radius 2 is 1.85 bits per heavy atom. The maximum Gasteiger partial charge on any atom is 0.540 e. The van der Waals surface area contributed by atoms with Crippen LogP contribution in [0, 0.1) is 0 Å². The molecule has 0 aromatic heterocycles. The molecule has 0 aromatic carbocycles. The van der Waals surface area contributed by atoms with E-state index in [2.05, 4.69) is 11.8 Å². The van der Waals surface area contributed by atoms with E-state index in [1.165, 1.54) is 6.92 Å². The molecule has 0 rings (SSSR count). The Bertz CT molecular complexity index is 300. The number of carbonyl (C=O) groups excluding carboxylic acids is 2. The van der Waals surface area contributed by atoms with Gasteiger partial charge >= 0.3 is 12.1 Å². The van der Waals surface area contributed by atoms with Gasteiger partial charge in [-0.05, 0) is 27.2 Å². The normalized spacial score (nSPS) is 12.7. The lowest BCUT2D eigenvalue weighted by Gasteiger charge is -2.22. The van der Waals surface area contributed by atoms with E-state index in [0.717, 1.165) is 25.7 Å². The minimum atomic E-state index is -0.937. The average molecular weight is 290 g/mol. The number of hydrogen-bond acceptors (Lipinski definition) is 6. The van der Waals surface area contributed by atoms with Gasteiger partial charge in [0.1, 0.15) is 18.3 Å². The standard InChI is InChI=1S/C14H26O6/c1-6-7-8-9-14(4,5)20-19-13(16)18-11(2)10-17-12(3)15/h11H,6-10H2,1-5H3. The number of carbonyl (C=O) groups is 2. The van der Waals surface area contributed by atoms with E-state index in [9.17, 15) is 9.59 Å². The van der Waals surface area contributed by atoms with Gasteiger partial charge in [0.2, 0.25) is 0 Å². The molecule has 6 heteroatoms. The lowest BCUT2D eigenvalue weighted by Crippen LogP contribution is -2.28. The monoisotopic (exact) mass is 290 g/mol. The van der Waals surface area contributed by atoms with Crippen LogP contribution in [0.5, 0.6) is 0 Å². The fourth-order valence-corrected chi connectivity index (χ4v) is 1.44. The highest BCUT2D eigenvalue weighted by Crippen LogP contribution is 2.19. The smallest absolute Gasteiger partial charge is 0.462 e. The summed E-state index contributed by atoms with van der Waals surface area (Å²) in [7, 11) is 0. The van der Waals surface area contributed by atoms with Crippen molar-refractivity contribution in [3.05, 3.63) is 0 Å². The van der Waals surface area contributed by atoms with Crippen molar-refractivity contribution in [2.45, 2.75) is 72.0 Å². The Kier molecular flexibility index (Phi) is 8.96. The number of esters is 1. The SMILES string of the molecule is CCCCCC(C)(C)OOC(=O)OC(C)COC(C)=O. The minimum Gasteiger partial charge on any atom is -0.462 e. The van der Waals surface area contributed by atoms with Crippen molar-refractivity contribution >= 4 is 12.1 Å². The molecule has 0 heterocycles. The van der Waals surface area contributed by atoms with Crippen molar-refractivity contribution in [1.82, 2.24) is 0 Å². The molecule has 0 bridgehead atoms. The van der Waals surface area contributed by atoms with Crippen LogP contribution in [0.4, 0.5) is 4.79 Å². The van der Waals surface area contributed by atoms with E-state index in [1.807, 2.05) is 13.8 Å². The van der Waals surface area contributed by atoms with E-state index >= 15 is 0 Å². The quantitative estimate of drug-likeness (QED) is 0.280. The molecule has 0 aliphatic heterocycles. The predicted molar refractivity (Wildman–Crippen MR) is 73.0 cm³/mol. The second kappa shape index (κ2) is 9.58. The lowest BCUT2D eigenvalue weighted by molar-refractivity contribution is -0.320. The first-order chi connectivity index (χ1) is 9.26. The van der Waals surface area contributed by atoms with Crippen LogP contribution in [0.2, 0.25) is 0 Å². The van der Waals surface area contributed by atoms with Gasteiger partial charge in [-0.1, -0.05) is 26.2 Å². The molecule has 6 nitrogen and oxygen atoms in total. The van der Waals surface area contributed by atoms with Gasteiger partial charge in [0, 0.05) is 6.92 Å². The van der Waals surface area contributed by atoms with E-state index < -0.39 is 23.8 Å². The zero-order valence-corrected chi connectivity index (χ0v) is 13.1. The Morgan fingerprint density at radius 1 is 1.20 bits per heavy atom. The van der Waals surface area contributed by atoms with Crippen LogP contribution in [-0.2, 0) is 24.0 Å². The predicted octanol–water partition coefficient (Wildman–Crippen LogP) is 3.38. The molecule has 0 saturated carbocycles. The first-order valence-corrected chi connectivity index (χ1v) is 6.96. The van der Waals surface area contributed by atoms with Gasteiger partial charge < -0.3 is 9.47 Å². The van der Waals surface area contributed by atoms with Gasteiger partial charge in [-0.15, -0.1) is 0 Å². The highest BCUT2D eigenvalue weighted by molar-refractivity contribution is 5.66. The summed E-state index contributed by atoms with van der Waals surface area (Å²) < 4.78 is 9.56. The van der Waals surface area contributed by atoms with Gasteiger partial charge in [-0.25, -0.2) is 4.79 Å². The third-order valence-corrected chi connectivity index (χ3v) is 2.54. The summed E-state index contributed by atoms with van der Waals surface area (Å²) >= 11 is 0. The fourth-order valence-electron chi connectivity index (χ4n) is 1.44. The molecule has 0 spiro atoms. The second-order valence-electron chi connectivity index (χ2n) is 5.36. The molecule has 0 aliphatic carbocycles. The lowest BCUT2D eigenvalue weighted by atomic mass is 10.0. The molecule has 0 aromatic rings. The van der Waals surface area contributed by atoms with Crippen LogP contribution in [0.15, 0.2) is 0 Å². The van der Waals surface area contributed by atoms with Gasteiger partial charge in [0.25, 0.3) is 0 Å². The third kappa shape index (κ3) is 10.6. The van der Waals surface area contributed by atoms with Crippen molar-refractivity contribution in [2.24, 2.45) is 0 Å². The summed E-state index contributed by atoms with van der Waals surface area (Å²) in [6, 6.07) is 0. The largest absolute Gasteiger partial charge is 0.540 e. The molecule has 0 fully saturated rings. The van der Waals surface area contributed by atoms with Crippen molar-refractivity contribution in [3.8, 4) is 0 Å². The van der Waals surface area contributed by atoms with E-state index in [1.54, 1.807) is 6.92 Å². The van der Waals surface area contributed by atoms with E-state index in [0.29, 0.717) is 0 Å². The number of unbranched alkanes of at least 4 members (excludes halogenated alkanes) is 2. The highest BCUT2D eigenvalue weighted by Gasteiger charge is 2.23. The Balaban J connectivity index is 3.87. The number of hydrogen-bond donors (Lipinski definition) is 0. The Hall–Kier alpha value is -1.30.